The van der Waals surface area contributed by atoms with Gasteiger partial charge in [0.05, 0.1) is 12.3 Å². The van der Waals surface area contributed by atoms with E-state index in [4.69, 9.17) is 9.84 Å². The van der Waals surface area contributed by atoms with Crippen LogP contribution in [0, 0.1) is 6.92 Å². The Labute approximate surface area is 121 Å². The first-order valence-electron chi connectivity index (χ1n) is 6.20. The Morgan fingerprint density at radius 2 is 2.20 bits per heavy atom. The molecule has 7 nitrogen and oxygen atoms in total. The number of rotatable bonds is 7. The highest BCUT2D eigenvalue weighted by molar-refractivity contribution is 7.15. The number of aryl methyl sites for hydroxylation is 2. The summed E-state index contributed by atoms with van der Waals surface area (Å²) in [4.78, 5) is 29.3. The largest absolute Gasteiger partial charge is 0.480 e. The van der Waals surface area contributed by atoms with Gasteiger partial charge in [0.25, 0.3) is 0 Å². The van der Waals surface area contributed by atoms with Crippen molar-refractivity contribution in [3.05, 3.63) is 10.6 Å². The number of amides is 2. The molecule has 8 heteroatoms. The van der Waals surface area contributed by atoms with Crippen molar-refractivity contribution < 1.29 is 19.4 Å². The van der Waals surface area contributed by atoms with Crippen molar-refractivity contribution >= 4 is 28.5 Å². The summed E-state index contributed by atoms with van der Waals surface area (Å²) in [7, 11) is 1.49. The number of carboxylic acid groups (broad SMARTS) is 1. The first-order valence-corrected chi connectivity index (χ1v) is 7.02. The van der Waals surface area contributed by atoms with Crippen LogP contribution >= 0.6 is 11.3 Å². The number of urea groups is 1. The van der Waals surface area contributed by atoms with E-state index in [-0.39, 0.29) is 19.7 Å². The van der Waals surface area contributed by atoms with Gasteiger partial charge in [-0.25, -0.2) is 9.78 Å². The van der Waals surface area contributed by atoms with Crippen LogP contribution in [0.25, 0.3) is 0 Å². The maximum absolute atomic E-state index is 12.0. The topological polar surface area (TPSA) is 91.8 Å². The van der Waals surface area contributed by atoms with Gasteiger partial charge in [-0.15, -0.1) is 11.3 Å². The number of carbonyl (C=O) groups excluding carboxylic acids is 1. The van der Waals surface area contributed by atoms with Gasteiger partial charge in [0, 0.05) is 18.5 Å². The molecule has 0 bridgehead atoms. The van der Waals surface area contributed by atoms with Gasteiger partial charge in [0.2, 0.25) is 0 Å². The van der Waals surface area contributed by atoms with Crippen LogP contribution in [0.5, 0.6) is 0 Å². The SMILES string of the molecule is CCc1nc(NC(=O)N(CCOC)CC(=O)O)sc1C. The molecule has 1 rings (SSSR count). The highest BCUT2D eigenvalue weighted by atomic mass is 32.1. The van der Waals surface area contributed by atoms with Gasteiger partial charge in [0.1, 0.15) is 6.54 Å². The summed E-state index contributed by atoms with van der Waals surface area (Å²) in [6, 6.07) is -0.485. The number of carboxylic acids is 1. The molecular formula is C12H19N3O4S. The van der Waals surface area contributed by atoms with E-state index in [0.717, 1.165) is 17.0 Å². The molecule has 0 aliphatic carbocycles. The number of nitrogens with zero attached hydrogens (tertiary/aromatic N) is 2. The van der Waals surface area contributed by atoms with Crippen molar-refractivity contribution in [2.45, 2.75) is 20.3 Å². The van der Waals surface area contributed by atoms with Crippen LogP contribution in [0.3, 0.4) is 0 Å². The predicted molar refractivity (Wildman–Crippen MR) is 76.3 cm³/mol. The Bertz CT molecular complexity index is 475. The minimum absolute atomic E-state index is 0.208. The van der Waals surface area contributed by atoms with E-state index in [2.05, 4.69) is 10.3 Å². The summed E-state index contributed by atoms with van der Waals surface area (Å²) < 4.78 is 4.87. The third kappa shape index (κ3) is 4.78. The van der Waals surface area contributed by atoms with Gasteiger partial charge >= 0.3 is 12.0 Å². The van der Waals surface area contributed by atoms with Gasteiger partial charge in [0.15, 0.2) is 5.13 Å². The Morgan fingerprint density at radius 1 is 1.50 bits per heavy atom. The molecular weight excluding hydrogens is 282 g/mol. The molecule has 1 aromatic rings. The second-order valence-corrected chi connectivity index (χ2v) is 5.32. The molecule has 2 amide bonds. The molecule has 0 fully saturated rings. The van der Waals surface area contributed by atoms with E-state index in [0.29, 0.717) is 5.13 Å². The molecule has 1 aromatic heterocycles. The van der Waals surface area contributed by atoms with Crippen molar-refractivity contribution in [3.8, 4) is 0 Å². The molecule has 0 aromatic carbocycles. The van der Waals surface area contributed by atoms with Gasteiger partial charge < -0.3 is 14.7 Å². The lowest BCUT2D eigenvalue weighted by Gasteiger charge is -2.19. The monoisotopic (exact) mass is 301 g/mol. The third-order valence-electron chi connectivity index (χ3n) is 2.62. The quantitative estimate of drug-likeness (QED) is 0.797. The molecule has 0 aliphatic heterocycles. The number of aliphatic carboxylic acids is 1. The summed E-state index contributed by atoms with van der Waals surface area (Å²) in [6.45, 7) is 4.03. The van der Waals surface area contributed by atoms with Crippen molar-refractivity contribution in [3.63, 3.8) is 0 Å². The van der Waals surface area contributed by atoms with Crippen molar-refractivity contribution in [2.75, 3.05) is 32.1 Å². The molecule has 0 saturated carbocycles. The number of hydrogen-bond donors (Lipinski definition) is 2. The molecule has 0 unspecified atom stereocenters. The molecule has 20 heavy (non-hydrogen) atoms. The zero-order valence-electron chi connectivity index (χ0n) is 11.8. The summed E-state index contributed by atoms with van der Waals surface area (Å²) >= 11 is 1.38. The van der Waals surface area contributed by atoms with E-state index in [1.54, 1.807) is 0 Å². The molecule has 0 spiro atoms. The number of ether oxygens (including phenoxy) is 1. The summed E-state index contributed by atoms with van der Waals surface area (Å²) in [5, 5.41) is 11.9. The fourth-order valence-corrected chi connectivity index (χ4v) is 2.49. The maximum atomic E-state index is 12.0. The number of anilines is 1. The van der Waals surface area contributed by atoms with Crippen LogP contribution in [0.15, 0.2) is 0 Å². The van der Waals surface area contributed by atoms with E-state index < -0.39 is 12.0 Å². The minimum Gasteiger partial charge on any atom is -0.480 e. The van der Waals surface area contributed by atoms with Gasteiger partial charge in [-0.05, 0) is 13.3 Å². The summed E-state index contributed by atoms with van der Waals surface area (Å²) in [5.74, 6) is -1.07. The number of nitrogens with one attached hydrogen (secondary N) is 1. The predicted octanol–water partition coefficient (Wildman–Crippen LogP) is 1.58. The van der Waals surface area contributed by atoms with Gasteiger partial charge in [-0.2, -0.15) is 0 Å². The van der Waals surface area contributed by atoms with E-state index in [1.807, 2.05) is 13.8 Å². The fourth-order valence-electron chi connectivity index (χ4n) is 1.60. The molecule has 112 valence electrons. The lowest BCUT2D eigenvalue weighted by Crippen LogP contribution is -2.40. The average Bonchev–Trinajstić information content (AvgIpc) is 2.73. The van der Waals surface area contributed by atoms with Crippen molar-refractivity contribution in [1.82, 2.24) is 9.88 Å². The average molecular weight is 301 g/mol. The zero-order chi connectivity index (χ0) is 15.1. The van der Waals surface area contributed by atoms with Crippen molar-refractivity contribution in [2.24, 2.45) is 0 Å². The first kappa shape index (κ1) is 16.4. The standard InChI is InChI=1S/C12H19N3O4S/c1-4-9-8(2)20-11(13-9)14-12(18)15(5-6-19-3)7-10(16)17/h4-7H2,1-3H3,(H,16,17)(H,13,14,18). The van der Waals surface area contributed by atoms with Crippen LogP contribution < -0.4 is 5.32 Å². The van der Waals surface area contributed by atoms with Crippen LogP contribution in [-0.4, -0.2) is 53.8 Å². The molecule has 0 aliphatic rings. The number of thiazole rings is 1. The van der Waals surface area contributed by atoms with Crippen LogP contribution in [0.2, 0.25) is 0 Å². The molecule has 0 saturated heterocycles. The molecule has 2 N–H and O–H groups in total. The second kappa shape index (κ2) is 7.81. The van der Waals surface area contributed by atoms with E-state index in [1.165, 1.54) is 23.3 Å². The molecule has 1 heterocycles. The van der Waals surface area contributed by atoms with Crippen LogP contribution in [0.1, 0.15) is 17.5 Å². The Morgan fingerprint density at radius 3 is 2.70 bits per heavy atom. The molecule has 0 radical (unpaired) electrons. The van der Waals surface area contributed by atoms with Gasteiger partial charge in [-0.3, -0.25) is 10.1 Å². The normalized spacial score (nSPS) is 10.3. The smallest absolute Gasteiger partial charge is 0.324 e. The minimum atomic E-state index is -1.07. The van der Waals surface area contributed by atoms with Crippen molar-refractivity contribution in [1.29, 1.82) is 0 Å². The highest BCUT2D eigenvalue weighted by Crippen LogP contribution is 2.22. The highest BCUT2D eigenvalue weighted by Gasteiger charge is 2.18. The number of carbonyl (C=O) groups is 2. The van der Waals surface area contributed by atoms with E-state index >= 15 is 0 Å². The summed E-state index contributed by atoms with van der Waals surface area (Å²) in [5.41, 5.74) is 0.937. The number of methoxy groups -OCH3 is 1. The lowest BCUT2D eigenvalue weighted by molar-refractivity contribution is -0.137. The Kier molecular flexibility index (Phi) is 6.40. The number of aromatic nitrogens is 1. The lowest BCUT2D eigenvalue weighted by atomic mass is 10.3. The maximum Gasteiger partial charge on any atom is 0.324 e. The fraction of sp³-hybridized carbons (Fsp3) is 0.583. The second-order valence-electron chi connectivity index (χ2n) is 4.11. The third-order valence-corrected chi connectivity index (χ3v) is 3.55. The van der Waals surface area contributed by atoms with Gasteiger partial charge in [-0.1, -0.05) is 6.92 Å². The summed E-state index contributed by atoms with van der Waals surface area (Å²) in [6.07, 6.45) is 0.792. The Balaban J connectivity index is 2.70. The van der Waals surface area contributed by atoms with Crippen LogP contribution in [-0.2, 0) is 16.0 Å². The number of hydrogen-bond acceptors (Lipinski definition) is 5. The van der Waals surface area contributed by atoms with Crippen LogP contribution in [0.4, 0.5) is 9.93 Å². The first-order chi connectivity index (χ1) is 9.47. The zero-order valence-corrected chi connectivity index (χ0v) is 12.6. The molecule has 0 atom stereocenters. The van der Waals surface area contributed by atoms with E-state index in [9.17, 15) is 9.59 Å². The Hall–Kier alpha value is -1.67.